The van der Waals surface area contributed by atoms with Crippen LogP contribution in [0.2, 0.25) is 0 Å². The molecule has 2 nitrogen and oxygen atoms in total. The van der Waals surface area contributed by atoms with Crippen molar-refractivity contribution in [3.05, 3.63) is 22.3 Å². The van der Waals surface area contributed by atoms with Crippen LogP contribution in [0.5, 0.6) is 0 Å². The summed E-state index contributed by atoms with van der Waals surface area (Å²) in [4.78, 5) is 6.82. The Hall–Kier alpha value is -0.280. The molecule has 0 N–H and O–H groups in total. The van der Waals surface area contributed by atoms with E-state index in [1.54, 1.807) is 0 Å². The van der Waals surface area contributed by atoms with E-state index in [1.807, 2.05) is 12.3 Å². The largest absolute Gasteiger partial charge is 0.352 e. The zero-order valence-electron chi connectivity index (χ0n) is 9.42. The number of pyridine rings is 1. The van der Waals surface area contributed by atoms with Crippen LogP contribution in [-0.4, -0.2) is 23.5 Å². The first-order valence-electron chi connectivity index (χ1n) is 5.67. The molecule has 0 amide bonds. The smallest absolute Gasteiger partial charge is 0.143 e. The van der Waals surface area contributed by atoms with Crippen LogP contribution in [0, 0.1) is 6.92 Å². The van der Waals surface area contributed by atoms with Gasteiger partial charge in [-0.05, 0) is 53.7 Å². The number of halogens is 2. The van der Waals surface area contributed by atoms with Gasteiger partial charge in [-0.1, -0.05) is 0 Å². The minimum atomic E-state index is 0.629. The van der Waals surface area contributed by atoms with Gasteiger partial charge in [-0.2, -0.15) is 0 Å². The summed E-state index contributed by atoms with van der Waals surface area (Å²) < 4.78 is 1.10. The van der Waals surface area contributed by atoms with Crippen molar-refractivity contribution in [2.45, 2.75) is 32.2 Å². The van der Waals surface area contributed by atoms with Gasteiger partial charge in [-0.3, -0.25) is 0 Å². The Morgan fingerprint density at radius 3 is 2.88 bits per heavy atom. The van der Waals surface area contributed by atoms with Crippen molar-refractivity contribution in [2.75, 3.05) is 17.3 Å². The van der Waals surface area contributed by atoms with Crippen molar-refractivity contribution in [2.24, 2.45) is 0 Å². The van der Waals surface area contributed by atoms with Crippen LogP contribution in [0.15, 0.2) is 16.7 Å². The van der Waals surface area contributed by atoms with Crippen LogP contribution in [0.4, 0.5) is 5.82 Å². The second kappa shape index (κ2) is 5.37. The zero-order valence-corrected chi connectivity index (χ0v) is 11.8. The Morgan fingerprint density at radius 2 is 2.31 bits per heavy atom. The van der Waals surface area contributed by atoms with Gasteiger partial charge in [0.2, 0.25) is 0 Å². The molecule has 0 bridgehead atoms. The molecular formula is C12H16BrClN2. The number of rotatable bonds is 4. The van der Waals surface area contributed by atoms with Crippen molar-refractivity contribution in [1.29, 1.82) is 0 Å². The number of aromatic nitrogens is 1. The fourth-order valence-electron chi connectivity index (χ4n) is 1.98. The van der Waals surface area contributed by atoms with E-state index < -0.39 is 0 Å². The molecular weight excluding hydrogens is 288 g/mol. The molecule has 0 saturated heterocycles. The summed E-state index contributed by atoms with van der Waals surface area (Å²) in [6.45, 7) is 2.97. The van der Waals surface area contributed by atoms with E-state index in [9.17, 15) is 0 Å². The summed E-state index contributed by atoms with van der Waals surface area (Å²) in [6, 6.07) is 2.65. The van der Waals surface area contributed by atoms with Crippen molar-refractivity contribution in [3.8, 4) is 0 Å². The van der Waals surface area contributed by atoms with Gasteiger partial charge >= 0.3 is 0 Å². The lowest BCUT2D eigenvalue weighted by Gasteiger charge is -2.38. The van der Waals surface area contributed by atoms with E-state index in [-0.39, 0.29) is 0 Å². The molecule has 88 valence electrons. The zero-order chi connectivity index (χ0) is 11.5. The molecule has 0 aliphatic heterocycles. The molecule has 1 aromatic rings. The van der Waals surface area contributed by atoms with Gasteiger partial charge in [0.25, 0.3) is 0 Å². The third-order valence-electron chi connectivity index (χ3n) is 3.18. The van der Waals surface area contributed by atoms with E-state index in [1.165, 1.54) is 24.8 Å². The summed E-state index contributed by atoms with van der Waals surface area (Å²) in [5.41, 5.74) is 1.23. The molecule has 1 aliphatic rings. The van der Waals surface area contributed by atoms with Crippen LogP contribution in [0.1, 0.15) is 24.8 Å². The Bertz CT molecular complexity index is 366. The second-order valence-corrected chi connectivity index (χ2v) is 5.40. The molecule has 1 heterocycles. The average molecular weight is 304 g/mol. The SMILES string of the molecule is Cc1ccnc(N(CCCl)C2CCC2)c1Br. The van der Waals surface area contributed by atoms with E-state index >= 15 is 0 Å². The van der Waals surface area contributed by atoms with Crippen LogP contribution in [-0.2, 0) is 0 Å². The molecule has 1 fully saturated rings. The summed E-state index contributed by atoms with van der Waals surface area (Å²) in [5.74, 6) is 1.70. The fraction of sp³-hybridized carbons (Fsp3) is 0.583. The van der Waals surface area contributed by atoms with Crippen LogP contribution in [0.3, 0.4) is 0 Å². The summed E-state index contributed by atoms with van der Waals surface area (Å²) >= 11 is 9.50. The van der Waals surface area contributed by atoms with Crippen molar-refractivity contribution in [3.63, 3.8) is 0 Å². The predicted molar refractivity (Wildman–Crippen MR) is 72.4 cm³/mol. The number of aryl methyl sites for hydroxylation is 1. The average Bonchev–Trinajstić information content (AvgIpc) is 2.19. The molecule has 0 atom stereocenters. The van der Waals surface area contributed by atoms with Gasteiger partial charge in [0.15, 0.2) is 0 Å². The topological polar surface area (TPSA) is 16.1 Å². The van der Waals surface area contributed by atoms with Gasteiger partial charge in [0, 0.05) is 24.7 Å². The van der Waals surface area contributed by atoms with Crippen molar-refractivity contribution in [1.82, 2.24) is 4.98 Å². The highest BCUT2D eigenvalue weighted by molar-refractivity contribution is 9.10. The van der Waals surface area contributed by atoms with E-state index in [0.29, 0.717) is 11.9 Å². The number of anilines is 1. The maximum absolute atomic E-state index is 5.88. The highest BCUT2D eigenvalue weighted by Crippen LogP contribution is 2.33. The summed E-state index contributed by atoms with van der Waals surface area (Å²) in [7, 11) is 0. The normalized spacial score (nSPS) is 15.9. The summed E-state index contributed by atoms with van der Waals surface area (Å²) in [6.07, 6.45) is 5.72. The van der Waals surface area contributed by atoms with Crippen LogP contribution >= 0.6 is 27.5 Å². The lowest BCUT2D eigenvalue weighted by molar-refractivity contribution is 0.388. The van der Waals surface area contributed by atoms with Crippen molar-refractivity contribution >= 4 is 33.3 Å². The molecule has 1 saturated carbocycles. The minimum absolute atomic E-state index is 0.629. The first kappa shape index (κ1) is 12.2. The molecule has 2 rings (SSSR count). The van der Waals surface area contributed by atoms with E-state index in [4.69, 9.17) is 11.6 Å². The maximum atomic E-state index is 5.88. The lowest BCUT2D eigenvalue weighted by atomic mass is 9.91. The number of alkyl halides is 1. The van der Waals surface area contributed by atoms with Crippen LogP contribution < -0.4 is 4.90 Å². The molecule has 16 heavy (non-hydrogen) atoms. The molecule has 0 unspecified atom stereocenters. The van der Waals surface area contributed by atoms with Gasteiger partial charge in [0.05, 0.1) is 4.47 Å². The van der Waals surface area contributed by atoms with Crippen LogP contribution in [0.25, 0.3) is 0 Å². The second-order valence-electron chi connectivity index (χ2n) is 4.23. The molecule has 0 spiro atoms. The third-order valence-corrected chi connectivity index (χ3v) is 4.33. The number of hydrogen-bond donors (Lipinski definition) is 0. The first-order chi connectivity index (χ1) is 7.74. The molecule has 0 aromatic carbocycles. The standard InChI is InChI=1S/C12H16BrClN2/c1-9-5-7-15-12(11(9)13)16(8-6-14)10-3-2-4-10/h5,7,10H,2-4,6,8H2,1H3. The van der Waals surface area contributed by atoms with Gasteiger partial charge in [-0.25, -0.2) is 4.98 Å². The quantitative estimate of drug-likeness (QED) is 0.788. The molecule has 1 aliphatic carbocycles. The van der Waals surface area contributed by atoms with E-state index in [2.05, 4.69) is 32.7 Å². The Balaban J connectivity index is 2.26. The fourth-order valence-corrected chi connectivity index (χ4v) is 2.62. The highest BCUT2D eigenvalue weighted by atomic mass is 79.9. The Morgan fingerprint density at radius 1 is 1.56 bits per heavy atom. The highest BCUT2D eigenvalue weighted by Gasteiger charge is 2.27. The molecule has 1 aromatic heterocycles. The van der Waals surface area contributed by atoms with Gasteiger partial charge in [-0.15, -0.1) is 11.6 Å². The number of nitrogens with zero attached hydrogens (tertiary/aromatic N) is 2. The summed E-state index contributed by atoms with van der Waals surface area (Å²) in [5, 5.41) is 0. The van der Waals surface area contributed by atoms with Crippen molar-refractivity contribution < 1.29 is 0 Å². The first-order valence-corrected chi connectivity index (χ1v) is 7.00. The monoisotopic (exact) mass is 302 g/mol. The minimum Gasteiger partial charge on any atom is -0.352 e. The predicted octanol–water partition coefficient (Wildman–Crippen LogP) is 3.75. The Labute approximate surface area is 110 Å². The van der Waals surface area contributed by atoms with Gasteiger partial charge in [0.1, 0.15) is 5.82 Å². The third kappa shape index (κ3) is 2.35. The molecule has 0 radical (unpaired) electrons. The lowest BCUT2D eigenvalue weighted by Crippen LogP contribution is -2.42. The molecule has 4 heteroatoms. The number of hydrogen-bond acceptors (Lipinski definition) is 2. The maximum Gasteiger partial charge on any atom is 0.143 e. The van der Waals surface area contributed by atoms with E-state index in [0.717, 1.165) is 16.8 Å². The Kier molecular flexibility index (Phi) is 4.09. The van der Waals surface area contributed by atoms with Gasteiger partial charge < -0.3 is 4.90 Å².